The van der Waals surface area contributed by atoms with E-state index in [4.69, 9.17) is 11.6 Å². The van der Waals surface area contributed by atoms with Gasteiger partial charge in [-0.2, -0.15) is 0 Å². The molecule has 0 aliphatic heterocycles. The van der Waals surface area contributed by atoms with Crippen LogP contribution in [0.4, 0.5) is 5.82 Å². The van der Waals surface area contributed by atoms with Gasteiger partial charge in [-0.1, -0.05) is 11.6 Å². The number of anilines is 1. The van der Waals surface area contributed by atoms with Crippen LogP contribution in [-0.4, -0.2) is 21.7 Å². The summed E-state index contributed by atoms with van der Waals surface area (Å²) in [5, 5.41) is 14.3. The fourth-order valence-electron chi connectivity index (χ4n) is 1.08. The van der Waals surface area contributed by atoms with Crippen molar-refractivity contribution < 1.29 is 0 Å². The first kappa shape index (κ1) is 10.3. The van der Waals surface area contributed by atoms with Crippen LogP contribution in [0.5, 0.6) is 0 Å². The van der Waals surface area contributed by atoms with Crippen molar-refractivity contribution in [1.82, 2.24) is 15.2 Å². The van der Waals surface area contributed by atoms with Gasteiger partial charge in [-0.3, -0.25) is 0 Å². The highest BCUT2D eigenvalue weighted by Crippen LogP contribution is 2.07. The van der Waals surface area contributed by atoms with Crippen LogP contribution in [0, 0.1) is 0 Å². The van der Waals surface area contributed by atoms with Crippen molar-refractivity contribution in [3.63, 3.8) is 0 Å². The van der Waals surface area contributed by atoms with Crippen molar-refractivity contribution in [2.24, 2.45) is 0 Å². The summed E-state index contributed by atoms with van der Waals surface area (Å²) in [5.41, 5.74) is 0. The van der Waals surface area contributed by atoms with E-state index in [2.05, 4.69) is 20.5 Å². The summed E-state index contributed by atoms with van der Waals surface area (Å²) in [4.78, 5) is 4.18. The van der Waals surface area contributed by atoms with Crippen LogP contribution in [0.25, 0.3) is 0 Å². The third kappa shape index (κ3) is 3.14. The maximum Gasteiger partial charge on any atom is 0.151 e. The minimum Gasteiger partial charge on any atom is -0.368 e. The summed E-state index contributed by atoms with van der Waals surface area (Å²) in [5.74, 6) is 0.732. The first-order valence-electron chi connectivity index (χ1n) is 4.46. The highest BCUT2D eigenvalue weighted by molar-refractivity contribution is 7.09. The first-order valence-corrected chi connectivity index (χ1v) is 5.72. The lowest BCUT2D eigenvalue weighted by molar-refractivity contribution is 0.957. The van der Waals surface area contributed by atoms with Crippen LogP contribution in [-0.2, 0) is 6.42 Å². The Morgan fingerprint density at radius 1 is 1.33 bits per heavy atom. The van der Waals surface area contributed by atoms with E-state index in [9.17, 15) is 0 Å². The van der Waals surface area contributed by atoms with Gasteiger partial charge in [0, 0.05) is 24.5 Å². The minimum absolute atomic E-state index is 0.403. The highest BCUT2D eigenvalue weighted by Gasteiger charge is 1.97. The Kier molecular flexibility index (Phi) is 3.47. The molecule has 0 aliphatic carbocycles. The molecule has 2 rings (SSSR count). The van der Waals surface area contributed by atoms with E-state index >= 15 is 0 Å². The van der Waals surface area contributed by atoms with Crippen LogP contribution in [0.3, 0.4) is 0 Å². The van der Waals surface area contributed by atoms with Crippen LogP contribution in [0.2, 0.25) is 5.15 Å². The molecule has 15 heavy (non-hydrogen) atoms. The van der Waals surface area contributed by atoms with Crippen molar-refractivity contribution in [2.45, 2.75) is 6.42 Å². The quantitative estimate of drug-likeness (QED) is 0.891. The molecule has 4 nitrogen and oxygen atoms in total. The summed E-state index contributed by atoms with van der Waals surface area (Å²) in [7, 11) is 0. The highest BCUT2D eigenvalue weighted by atomic mass is 35.5. The summed E-state index contributed by atoms with van der Waals surface area (Å²) < 4.78 is 0. The Bertz CT molecular complexity index is 401. The monoisotopic (exact) mass is 240 g/mol. The third-order valence-corrected chi connectivity index (χ3v) is 2.80. The van der Waals surface area contributed by atoms with Crippen LogP contribution in [0.15, 0.2) is 23.7 Å². The van der Waals surface area contributed by atoms with E-state index in [1.165, 1.54) is 0 Å². The largest absolute Gasteiger partial charge is 0.368 e. The Balaban J connectivity index is 1.81. The van der Waals surface area contributed by atoms with Gasteiger partial charge < -0.3 is 5.32 Å². The number of aromatic nitrogens is 3. The van der Waals surface area contributed by atoms with Gasteiger partial charge in [0.2, 0.25) is 0 Å². The van der Waals surface area contributed by atoms with Crippen molar-refractivity contribution >= 4 is 28.8 Å². The van der Waals surface area contributed by atoms with Crippen LogP contribution < -0.4 is 5.32 Å². The molecular formula is C9H9ClN4S. The molecule has 0 aromatic carbocycles. The second kappa shape index (κ2) is 5.04. The SMILES string of the molecule is Clc1ccc(NCCc2nccs2)nn1. The van der Waals surface area contributed by atoms with Gasteiger partial charge in [-0.25, -0.2) is 4.98 Å². The molecule has 0 spiro atoms. The van der Waals surface area contributed by atoms with Gasteiger partial charge in [0.1, 0.15) is 5.82 Å². The number of thiazole rings is 1. The lowest BCUT2D eigenvalue weighted by Gasteiger charge is -2.02. The molecule has 0 atom stereocenters. The average Bonchev–Trinajstić information content (AvgIpc) is 2.74. The predicted molar refractivity (Wildman–Crippen MR) is 61.3 cm³/mol. The summed E-state index contributed by atoms with van der Waals surface area (Å²) >= 11 is 7.27. The smallest absolute Gasteiger partial charge is 0.151 e. The van der Waals surface area contributed by atoms with Crippen LogP contribution >= 0.6 is 22.9 Å². The number of rotatable bonds is 4. The number of hydrogen-bond acceptors (Lipinski definition) is 5. The predicted octanol–water partition coefficient (Wildman–Crippen LogP) is 2.24. The lowest BCUT2D eigenvalue weighted by Crippen LogP contribution is -2.06. The standard InChI is InChI=1S/C9H9ClN4S/c10-7-1-2-8(14-13-7)11-4-3-9-12-5-6-15-9/h1-2,5-6H,3-4H2,(H,11,14). The van der Waals surface area contributed by atoms with Gasteiger partial charge in [-0.05, 0) is 12.1 Å². The Morgan fingerprint density at radius 2 is 2.27 bits per heavy atom. The molecule has 6 heteroatoms. The molecule has 0 fully saturated rings. The fourth-order valence-corrected chi connectivity index (χ4v) is 1.81. The number of hydrogen-bond donors (Lipinski definition) is 1. The Labute approximate surface area is 96.3 Å². The molecule has 0 saturated heterocycles. The molecule has 2 aromatic rings. The summed E-state index contributed by atoms with van der Waals surface area (Å²) in [6, 6.07) is 3.51. The zero-order valence-electron chi connectivity index (χ0n) is 7.85. The maximum atomic E-state index is 5.62. The zero-order chi connectivity index (χ0) is 10.5. The van der Waals surface area contributed by atoms with Crippen molar-refractivity contribution in [3.8, 4) is 0 Å². The molecule has 78 valence electrons. The van der Waals surface area contributed by atoms with E-state index in [0.29, 0.717) is 5.15 Å². The van der Waals surface area contributed by atoms with Gasteiger partial charge >= 0.3 is 0 Å². The fraction of sp³-hybridized carbons (Fsp3) is 0.222. The molecule has 0 unspecified atom stereocenters. The average molecular weight is 241 g/mol. The topological polar surface area (TPSA) is 50.7 Å². The summed E-state index contributed by atoms with van der Waals surface area (Å²) in [6.45, 7) is 0.795. The number of nitrogens with one attached hydrogen (secondary N) is 1. The molecule has 0 saturated carbocycles. The third-order valence-electron chi connectivity index (χ3n) is 1.76. The van der Waals surface area contributed by atoms with Gasteiger partial charge in [-0.15, -0.1) is 21.5 Å². The zero-order valence-corrected chi connectivity index (χ0v) is 9.42. The van der Waals surface area contributed by atoms with Crippen LogP contribution in [0.1, 0.15) is 5.01 Å². The molecule has 1 N–H and O–H groups in total. The molecule has 0 bridgehead atoms. The van der Waals surface area contributed by atoms with Crippen molar-refractivity contribution in [2.75, 3.05) is 11.9 Å². The normalized spacial score (nSPS) is 10.2. The maximum absolute atomic E-state index is 5.62. The molecule has 2 aromatic heterocycles. The Morgan fingerprint density at radius 3 is 2.93 bits per heavy atom. The molecule has 0 amide bonds. The van der Waals surface area contributed by atoms with Gasteiger partial charge in [0.25, 0.3) is 0 Å². The van der Waals surface area contributed by atoms with Gasteiger partial charge in [0.05, 0.1) is 5.01 Å². The first-order chi connectivity index (χ1) is 7.34. The lowest BCUT2D eigenvalue weighted by atomic mass is 10.4. The Hall–Kier alpha value is -1.20. The number of nitrogens with zero attached hydrogens (tertiary/aromatic N) is 3. The molecule has 0 radical (unpaired) electrons. The van der Waals surface area contributed by atoms with Crippen molar-refractivity contribution in [1.29, 1.82) is 0 Å². The van der Waals surface area contributed by atoms with E-state index in [1.807, 2.05) is 11.6 Å². The van der Waals surface area contributed by atoms with E-state index in [-0.39, 0.29) is 0 Å². The second-order valence-corrected chi connectivity index (χ2v) is 4.21. The molecule has 2 heterocycles. The van der Waals surface area contributed by atoms with E-state index in [1.54, 1.807) is 23.5 Å². The molecule has 0 aliphatic rings. The van der Waals surface area contributed by atoms with Gasteiger partial charge in [0.15, 0.2) is 5.15 Å². The van der Waals surface area contributed by atoms with E-state index < -0.39 is 0 Å². The van der Waals surface area contributed by atoms with E-state index in [0.717, 1.165) is 23.8 Å². The second-order valence-electron chi connectivity index (χ2n) is 2.84. The van der Waals surface area contributed by atoms with Crippen molar-refractivity contribution in [3.05, 3.63) is 33.9 Å². The minimum atomic E-state index is 0.403. The molecular weight excluding hydrogens is 232 g/mol. The summed E-state index contributed by atoms with van der Waals surface area (Å²) in [6.07, 6.45) is 2.70. The number of halogens is 1.